The average molecular weight is 230 g/mol. The Labute approximate surface area is 99.7 Å². The lowest BCUT2D eigenvalue weighted by atomic mass is 10.2. The van der Waals surface area contributed by atoms with Gasteiger partial charge in [0, 0.05) is 17.3 Å². The summed E-state index contributed by atoms with van der Waals surface area (Å²) in [7, 11) is 0. The molecule has 0 bridgehead atoms. The van der Waals surface area contributed by atoms with Gasteiger partial charge in [0.15, 0.2) is 0 Å². The Morgan fingerprint density at radius 1 is 1.24 bits per heavy atom. The van der Waals surface area contributed by atoms with E-state index >= 15 is 0 Å². The van der Waals surface area contributed by atoms with Gasteiger partial charge in [-0.2, -0.15) is 0 Å². The van der Waals surface area contributed by atoms with Gasteiger partial charge < -0.3 is 10.6 Å². The highest BCUT2D eigenvalue weighted by molar-refractivity contribution is 5.99. The van der Waals surface area contributed by atoms with Crippen LogP contribution in [0, 0.1) is 0 Å². The Balaban J connectivity index is 1.98. The van der Waals surface area contributed by atoms with Crippen molar-refractivity contribution in [1.82, 2.24) is 5.32 Å². The van der Waals surface area contributed by atoms with Gasteiger partial charge in [-0.25, -0.2) is 0 Å². The van der Waals surface area contributed by atoms with Gasteiger partial charge in [0.1, 0.15) is 0 Å². The van der Waals surface area contributed by atoms with Crippen molar-refractivity contribution >= 4 is 17.5 Å². The first kappa shape index (κ1) is 11.4. The SMILES string of the molecule is C=CC(=O)Nc1ccc(C(=O)NC2CC2)cc1. The first-order valence-electron chi connectivity index (χ1n) is 5.53. The molecule has 0 atom stereocenters. The predicted octanol–water partition coefficient (Wildman–Crippen LogP) is 1.70. The van der Waals surface area contributed by atoms with Crippen molar-refractivity contribution in [3.05, 3.63) is 42.5 Å². The standard InChI is InChI=1S/C13H14N2O2/c1-2-12(16)14-10-5-3-9(4-6-10)13(17)15-11-7-8-11/h2-6,11H,1,7-8H2,(H,14,16)(H,15,17). The van der Waals surface area contributed by atoms with Gasteiger partial charge in [-0.1, -0.05) is 6.58 Å². The molecule has 0 unspecified atom stereocenters. The van der Waals surface area contributed by atoms with E-state index in [4.69, 9.17) is 0 Å². The van der Waals surface area contributed by atoms with E-state index in [2.05, 4.69) is 17.2 Å². The molecule has 17 heavy (non-hydrogen) atoms. The van der Waals surface area contributed by atoms with Gasteiger partial charge in [-0.3, -0.25) is 9.59 Å². The summed E-state index contributed by atoms with van der Waals surface area (Å²) in [5.41, 5.74) is 1.26. The van der Waals surface area contributed by atoms with Crippen LogP contribution < -0.4 is 10.6 Å². The summed E-state index contributed by atoms with van der Waals surface area (Å²) < 4.78 is 0. The fraction of sp³-hybridized carbons (Fsp3) is 0.231. The van der Waals surface area contributed by atoms with Gasteiger partial charge in [0.2, 0.25) is 5.91 Å². The quantitative estimate of drug-likeness (QED) is 0.773. The van der Waals surface area contributed by atoms with Gasteiger partial charge in [0.25, 0.3) is 5.91 Å². The van der Waals surface area contributed by atoms with E-state index in [0.29, 0.717) is 17.3 Å². The zero-order valence-electron chi connectivity index (χ0n) is 9.40. The van der Waals surface area contributed by atoms with Crippen LogP contribution >= 0.6 is 0 Å². The van der Waals surface area contributed by atoms with Crippen molar-refractivity contribution in [1.29, 1.82) is 0 Å². The Morgan fingerprint density at radius 3 is 2.41 bits per heavy atom. The molecule has 1 aromatic rings. The molecule has 1 saturated carbocycles. The summed E-state index contributed by atoms with van der Waals surface area (Å²) in [6.45, 7) is 3.37. The number of hydrogen-bond donors (Lipinski definition) is 2. The molecule has 1 fully saturated rings. The van der Waals surface area contributed by atoms with Crippen LogP contribution in [-0.2, 0) is 4.79 Å². The van der Waals surface area contributed by atoms with Crippen LogP contribution in [0.2, 0.25) is 0 Å². The maximum absolute atomic E-state index is 11.7. The van der Waals surface area contributed by atoms with Gasteiger partial charge >= 0.3 is 0 Å². The smallest absolute Gasteiger partial charge is 0.251 e. The Hall–Kier alpha value is -2.10. The van der Waals surface area contributed by atoms with E-state index in [1.165, 1.54) is 6.08 Å². The van der Waals surface area contributed by atoms with Crippen LogP contribution in [0.4, 0.5) is 5.69 Å². The topological polar surface area (TPSA) is 58.2 Å². The van der Waals surface area contributed by atoms with E-state index in [1.54, 1.807) is 24.3 Å². The maximum Gasteiger partial charge on any atom is 0.251 e. The first-order valence-corrected chi connectivity index (χ1v) is 5.53. The molecule has 0 aliphatic heterocycles. The number of anilines is 1. The molecule has 0 spiro atoms. The molecule has 2 amide bonds. The van der Waals surface area contributed by atoms with Gasteiger partial charge in [-0.05, 0) is 43.2 Å². The zero-order chi connectivity index (χ0) is 12.3. The van der Waals surface area contributed by atoms with E-state index in [9.17, 15) is 9.59 Å². The second-order valence-corrected chi connectivity index (χ2v) is 4.02. The van der Waals surface area contributed by atoms with Crippen molar-refractivity contribution in [2.24, 2.45) is 0 Å². The second kappa shape index (κ2) is 4.82. The Bertz CT molecular complexity index is 447. The highest BCUT2D eigenvalue weighted by Crippen LogP contribution is 2.19. The van der Waals surface area contributed by atoms with Crippen LogP contribution in [-0.4, -0.2) is 17.9 Å². The zero-order valence-corrected chi connectivity index (χ0v) is 9.40. The lowest BCUT2D eigenvalue weighted by molar-refractivity contribution is -0.111. The fourth-order valence-electron chi connectivity index (χ4n) is 1.39. The minimum absolute atomic E-state index is 0.0610. The molecule has 0 saturated heterocycles. The molecular weight excluding hydrogens is 216 g/mol. The largest absolute Gasteiger partial charge is 0.349 e. The van der Waals surface area contributed by atoms with Crippen LogP contribution in [0.3, 0.4) is 0 Å². The second-order valence-electron chi connectivity index (χ2n) is 4.02. The van der Waals surface area contributed by atoms with E-state index in [1.807, 2.05) is 0 Å². The van der Waals surface area contributed by atoms with E-state index < -0.39 is 0 Å². The molecule has 1 aromatic carbocycles. The lowest BCUT2D eigenvalue weighted by Crippen LogP contribution is -2.25. The van der Waals surface area contributed by atoms with Crippen LogP contribution in [0.5, 0.6) is 0 Å². The number of nitrogens with one attached hydrogen (secondary N) is 2. The monoisotopic (exact) mass is 230 g/mol. The Kier molecular flexibility index (Phi) is 3.23. The van der Waals surface area contributed by atoms with Crippen molar-refractivity contribution in [2.45, 2.75) is 18.9 Å². The van der Waals surface area contributed by atoms with E-state index in [0.717, 1.165) is 12.8 Å². The van der Waals surface area contributed by atoms with Crippen LogP contribution in [0.15, 0.2) is 36.9 Å². The molecule has 1 aliphatic carbocycles. The first-order chi connectivity index (χ1) is 8.19. The molecule has 2 N–H and O–H groups in total. The summed E-state index contributed by atoms with van der Waals surface area (Å²) in [6, 6.07) is 7.13. The molecule has 0 radical (unpaired) electrons. The molecular formula is C13H14N2O2. The molecule has 1 aliphatic rings. The van der Waals surface area contributed by atoms with Crippen molar-refractivity contribution in [2.75, 3.05) is 5.32 Å². The minimum Gasteiger partial charge on any atom is -0.349 e. The van der Waals surface area contributed by atoms with Gasteiger partial charge in [0.05, 0.1) is 0 Å². The normalized spacial score (nSPS) is 13.9. The third kappa shape index (κ3) is 3.17. The molecule has 4 nitrogen and oxygen atoms in total. The number of benzene rings is 1. The molecule has 4 heteroatoms. The minimum atomic E-state index is -0.264. The number of carbonyl (C=O) groups excluding carboxylic acids is 2. The third-order valence-electron chi connectivity index (χ3n) is 2.51. The third-order valence-corrected chi connectivity index (χ3v) is 2.51. The summed E-state index contributed by atoms with van der Waals surface area (Å²) in [5.74, 6) is -0.325. The molecule has 0 aromatic heterocycles. The average Bonchev–Trinajstić information content (AvgIpc) is 3.13. The number of amides is 2. The van der Waals surface area contributed by atoms with Crippen molar-refractivity contribution in [3.63, 3.8) is 0 Å². The molecule has 88 valence electrons. The number of hydrogen-bond acceptors (Lipinski definition) is 2. The summed E-state index contributed by atoms with van der Waals surface area (Å²) in [6.07, 6.45) is 3.34. The maximum atomic E-state index is 11.7. The number of carbonyl (C=O) groups is 2. The van der Waals surface area contributed by atoms with Crippen LogP contribution in [0.25, 0.3) is 0 Å². The predicted molar refractivity (Wildman–Crippen MR) is 65.8 cm³/mol. The number of rotatable bonds is 4. The fourth-order valence-corrected chi connectivity index (χ4v) is 1.39. The summed E-state index contributed by atoms with van der Waals surface area (Å²) >= 11 is 0. The molecule has 2 rings (SSSR count). The van der Waals surface area contributed by atoms with Crippen molar-refractivity contribution in [3.8, 4) is 0 Å². The lowest BCUT2D eigenvalue weighted by Gasteiger charge is -2.05. The van der Waals surface area contributed by atoms with Crippen LogP contribution in [0.1, 0.15) is 23.2 Å². The highest BCUT2D eigenvalue weighted by Gasteiger charge is 2.23. The van der Waals surface area contributed by atoms with Crippen molar-refractivity contribution < 1.29 is 9.59 Å². The summed E-state index contributed by atoms with van der Waals surface area (Å²) in [5, 5.41) is 5.52. The van der Waals surface area contributed by atoms with E-state index in [-0.39, 0.29) is 11.8 Å². The van der Waals surface area contributed by atoms with Gasteiger partial charge in [-0.15, -0.1) is 0 Å². The summed E-state index contributed by atoms with van der Waals surface area (Å²) in [4.78, 5) is 22.7. The molecule has 0 heterocycles. The highest BCUT2D eigenvalue weighted by atomic mass is 16.2. The Morgan fingerprint density at radius 2 is 1.88 bits per heavy atom.